The Morgan fingerprint density at radius 2 is 0.667 bits per heavy atom. The monoisotopic (exact) mass is 374 g/mol. The Morgan fingerprint density at radius 3 is 0.905 bits per heavy atom. The van der Waals surface area contributed by atoms with E-state index in [9.17, 15) is 0 Å². The summed E-state index contributed by atoms with van der Waals surface area (Å²) in [5.74, 6) is 0. The van der Waals surface area contributed by atoms with E-state index in [-0.39, 0.29) is 41.4 Å². The van der Waals surface area contributed by atoms with Gasteiger partial charge in [-0.3, -0.25) is 0 Å². The normalized spacial score (nSPS) is 9.57. The van der Waals surface area contributed by atoms with Gasteiger partial charge in [0, 0.05) is 13.5 Å². The standard InChI is InChI=1S/C18H15S.BrH.S/c1-4-10-16(11-5-1)19(17-12-6-2-7-13-17)18-14-8-3-9-15-18;;/h1-15H;1H;/q+1;;/p-1. The minimum absolute atomic E-state index is 0. The zero-order valence-electron chi connectivity index (χ0n) is 11.4. The molecule has 2 radical (unpaired) electrons. The lowest BCUT2D eigenvalue weighted by atomic mass is 10.4. The Labute approximate surface area is 146 Å². The van der Waals surface area contributed by atoms with Gasteiger partial charge in [-0.2, -0.15) is 0 Å². The Morgan fingerprint density at radius 1 is 0.429 bits per heavy atom. The minimum atomic E-state index is -0.0146. The van der Waals surface area contributed by atoms with E-state index in [0.29, 0.717) is 0 Å². The third-order valence-corrected chi connectivity index (χ3v) is 5.17. The zero-order valence-corrected chi connectivity index (χ0v) is 14.6. The Hall–Kier alpha value is -1.16. The average molecular weight is 375 g/mol. The molecule has 3 heteroatoms. The largest absolute Gasteiger partial charge is 1.00 e. The van der Waals surface area contributed by atoms with Crippen molar-refractivity contribution < 1.29 is 17.0 Å². The fourth-order valence-electron chi connectivity index (χ4n) is 2.08. The molecule has 0 bridgehead atoms. The van der Waals surface area contributed by atoms with Crippen molar-refractivity contribution in [3.8, 4) is 0 Å². The molecule has 0 nitrogen and oxygen atoms in total. The molecular formula is C18H15BrS2. The maximum absolute atomic E-state index is 2.21. The van der Waals surface area contributed by atoms with E-state index in [1.165, 1.54) is 14.7 Å². The molecule has 0 aliphatic carbocycles. The first-order valence-corrected chi connectivity index (χ1v) is 7.57. The van der Waals surface area contributed by atoms with Gasteiger partial charge >= 0.3 is 0 Å². The fourth-order valence-corrected chi connectivity index (χ4v) is 4.18. The van der Waals surface area contributed by atoms with Crippen LogP contribution in [0.25, 0.3) is 0 Å². The summed E-state index contributed by atoms with van der Waals surface area (Å²) in [7, 11) is -0.0146. The summed E-state index contributed by atoms with van der Waals surface area (Å²) < 4.78 is 0. The van der Waals surface area contributed by atoms with Crippen LogP contribution in [0, 0.1) is 0 Å². The van der Waals surface area contributed by atoms with Crippen LogP contribution in [0.5, 0.6) is 0 Å². The second kappa shape index (κ2) is 8.98. The van der Waals surface area contributed by atoms with E-state index in [1.54, 1.807) is 0 Å². The van der Waals surface area contributed by atoms with Crippen LogP contribution < -0.4 is 17.0 Å². The van der Waals surface area contributed by atoms with Gasteiger partial charge in [0.15, 0.2) is 14.7 Å². The molecule has 0 heterocycles. The zero-order chi connectivity index (χ0) is 12.9. The van der Waals surface area contributed by atoms with Gasteiger partial charge in [-0.25, -0.2) is 0 Å². The third kappa shape index (κ3) is 4.40. The number of hydrogen-bond donors (Lipinski definition) is 0. The van der Waals surface area contributed by atoms with E-state index in [4.69, 9.17) is 0 Å². The average Bonchev–Trinajstić information content (AvgIpc) is 2.51. The van der Waals surface area contributed by atoms with Crippen LogP contribution in [0.3, 0.4) is 0 Å². The van der Waals surface area contributed by atoms with Crippen molar-refractivity contribution in [2.75, 3.05) is 0 Å². The highest BCUT2D eigenvalue weighted by Gasteiger charge is 2.27. The van der Waals surface area contributed by atoms with Gasteiger partial charge < -0.3 is 17.0 Å². The molecule has 3 aromatic rings. The van der Waals surface area contributed by atoms with E-state index >= 15 is 0 Å². The molecule has 106 valence electrons. The SMILES string of the molecule is [Br-].[S].c1ccc([S+](c2ccccc2)c2ccccc2)cc1. The summed E-state index contributed by atoms with van der Waals surface area (Å²) >= 11 is 0. The van der Waals surface area contributed by atoms with Crippen LogP contribution in [-0.4, -0.2) is 0 Å². The second-order valence-corrected chi connectivity index (χ2v) is 6.27. The van der Waals surface area contributed by atoms with Gasteiger partial charge in [0.1, 0.15) is 0 Å². The molecule has 0 aliphatic heterocycles. The van der Waals surface area contributed by atoms with Crippen LogP contribution in [-0.2, 0) is 10.9 Å². The van der Waals surface area contributed by atoms with Crippen molar-refractivity contribution in [2.24, 2.45) is 0 Å². The Balaban J connectivity index is 0.00000110. The molecule has 0 spiro atoms. The molecule has 0 saturated heterocycles. The summed E-state index contributed by atoms with van der Waals surface area (Å²) in [6.45, 7) is 0. The van der Waals surface area contributed by atoms with E-state index in [0.717, 1.165) is 0 Å². The number of halogens is 1. The molecule has 0 atom stereocenters. The predicted octanol–water partition coefficient (Wildman–Crippen LogP) is 2.43. The molecule has 3 aromatic carbocycles. The summed E-state index contributed by atoms with van der Waals surface area (Å²) in [5, 5.41) is 0. The maximum Gasteiger partial charge on any atom is 0.166 e. The highest BCUT2D eigenvalue weighted by molar-refractivity contribution is 7.97. The van der Waals surface area contributed by atoms with Crippen molar-refractivity contribution in [3.05, 3.63) is 91.0 Å². The predicted molar refractivity (Wildman–Crippen MR) is 89.1 cm³/mol. The van der Waals surface area contributed by atoms with Gasteiger partial charge in [0.2, 0.25) is 0 Å². The Kier molecular flexibility index (Phi) is 7.65. The lowest BCUT2D eigenvalue weighted by molar-refractivity contribution is -0.00000385. The molecule has 0 unspecified atom stereocenters. The smallest absolute Gasteiger partial charge is 0.166 e. The maximum atomic E-state index is 2.21. The van der Waals surface area contributed by atoms with Crippen molar-refractivity contribution in [2.45, 2.75) is 14.7 Å². The van der Waals surface area contributed by atoms with Crippen molar-refractivity contribution in [1.29, 1.82) is 0 Å². The summed E-state index contributed by atoms with van der Waals surface area (Å²) in [6.07, 6.45) is 0. The fraction of sp³-hybridized carbons (Fsp3) is 0. The second-order valence-electron chi connectivity index (χ2n) is 4.25. The van der Waals surface area contributed by atoms with Gasteiger partial charge in [-0.1, -0.05) is 54.6 Å². The molecular weight excluding hydrogens is 360 g/mol. The summed E-state index contributed by atoms with van der Waals surface area (Å²) in [4.78, 5) is 4.08. The molecule has 0 amide bonds. The Bertz CT molecular complexity index is 533. The van der Waals surface area contributed by atoms with Crippen LogP contribution in [0.1, 0.15) is 0 Å². The topological polar surface area (TPSA) is 0 Å². The molecule has 0 saturated carbocycles. The number of hydrogen-bond acceptors (Lipinski definition) is 0. The van der Waals surface area contributed by atoms with E-state index in [1.807, 2.05) is 0 Å². The third-order valence-electron chi connectivity index (χ3n) is 2.94. The van der Waals surface area contributed by atoms with Crippen LogP contribution in [0.15, 0.2) is 106 Å². The van der Waals surface area contributed by atoms with Crippen molar-refractivity contribution >= 4 is 24.4 Å². The van der Waals surface area contributed by atoms with Crippen LogP contribution in [0.4, 0.5) is 0 Å². The molecule has 3 rings (SSSR count). The highest BCUT2D eigenvalue weighted by Crippen LogP contribution is 2.30. The summed E-state index contributed by atoms with van der Waals surface area (Å²) in [6, 6.07) is 32.2. The lowest BCUT2D eigenvalue weighted by Gasteiger charge is -2.07. The van der Waals surface area contributed by atoms with Gasteiger partial charge in [-0.05, 0) is 36.4 Å². The minimum Gasteiger partial charge on any atom is -1.00 e. The van der Waals surface area contributed by atoms with Gasteiger partial charge in [0.25, 0.3) is 0 Å². The lowest BCUT2D eigenvalue weighted by Crippen LogP contribution is -3.00. The first kappa shape index (κ1) is 17.9. The highest BCUT2D eigenvalue weighted by atomic mass is 79.9. The summed E-state index contributed by atoms with van der Waals surface area (Å²) in [5.41, 5.74) is 0. The molecule has 21 heavy (non-hydrogen) atoms. The first-order valence-electron chi connectivity index (χ1n) is 6.34. The van der Waals surface area contributed by atoms with Crippen LogP contribution in [0.2, 0.25) is 0 Å². The number of rotatable bonds is 3. The number of benzene rings is 3. The molecule has 0 fully saturated rings. The van der Waals surface area contributed by atoms with Crippen molar-refractivity contribution in [3.63, 3.8) is 0 Å². The van der Waals surface area contributed by atoms with E-state index < -0.39 is 0 Å². The van der Waals surface area contributed by atoms with Gasteiger partial charge in [-0.15, -0.1) is 0 Å². The van der Waals surface area contributed by atoms with Crippen LogP contribution >= 0.6 is 13.5 Å². The molecule has 0 aliphatic rings. The molecule has 0 N–H and O–H groups in total. The van der Waals surface area contributed by atoms with Gasteiger partial charge in [0.05, 0.1) is 10.9 Å². The quantitative estimate of drug-likeness (QED) is 0.617. The van der Waals surface area contributed by atoms with E-state index in [2.05, 4.69) is 91.0 Å². The first-order chi connectivity index (χ1) is 9.45. The van der Waals surface area contributed by atoms with Crippen molar-refractivity contribution in [1.82, 2.24) is 0 Å². The molecule has 0 aromatic heterocycles.